The van der Waals surface area contributed by atoms with Crippen LogP contribution in [0.1, 0.15) is 16.8 Å². The number of hydrogen-bond acceptors (Lipinski definition) is 5. The van der Waals surface area contributed by atoms with Gasteiger partial charge in [0.15, 0.2) is 17.5 Å². The summed E-state index contributed by atoms with van der Waals surface area (Å²) < 4.78 is 10.9. The van der Waals surface area contributed by atoms with Crippen LogP contribution in [0.5, 0.6) is 11.5 Å². The highest BCUT2D eigenvalue weighted by atomic mass is 16.7. The number of hydrogen-bond donors (Lipinski definition) is 1. The second-order valence-corrected chi connectivity index (χ2v) is 7.48. The maximum atomic E-state index is 5.49. The van der Waals surface area contributed by atoms with Gasteiger partial charge in [-0.05, 0) is 42.7 Å². The molecule has 2 aliphatic rings. The molecule has 29 heavy (non-hydrogen) atoms. The molecule has 1 aromatic carbocycles. The number of ether oxygens (including phenoxy) is 2. The van der Waals surface area contributed by atoms with E-state index in [4.69, 9.17) is 9.47 Å². The topological polar surface area (TPSA) is 62.2 Å². The van der Waals surface area contributed by atoms with Crippen molar-refractivity contribution in [3.8, 4) is 11.5 Å². The fourth-order valence-electron chi connectivity index (χ4n) is 3.71. The van der Waals surface area contributed by atoms with Gasteiger partial charge in [0.2, 0.25) is 6.79 Å². The molecule has 0 saturated carbocycles. The smallest absolute Gasteiger partial charge is 0.231 e. The lowest BCUT2D eigenvalue weighted by Gasteiger charge is -2.36. The third-order valence-corrected chi connectivity index (χ3v) is 5.40. The largest absolute Gasteiger partial charge is 0.454 e. The van der Waals surface area contributed by atoms with Gasteiger partial charge in [0.25, 0.3) is 0 Å². The Kier molecular flexibility index (Phi) is 6.14. The summed E-state index contributed by atoms with van der Waals surface area (Å²) in [5, 5.41) is 3.49. The van der Waals surface area contributed by atoms with Crippen LogP contribution in [-0.4, -0.2) is 67.3 Å². The number of pyridine rings is 1. The van der Waals surface area contributed by atoms with E-state index in [1.165, 1.54) is 11.1 Å². The van der Waals surface area contributed by atoms with Crippen LogP contribution in [-0.2, 0) is 13.0 Å². The number of piperazine rings is 1. The van der Waals surface area contributed by atoms with Gasteiger partial charge in [-0.25, -0.2) is 0 Å². The van der Waals surface area contributed by atoms with Gasteiger partial charge in [-0.3, -0.25) is 14.9 Å². The van der Waals surface area contributed by atoms with Crippen molar-refractivity contribution in [1.29, 1.82) is 0 Å². The van der Waals surface area contributed by atoms with Crippen LogP contribution in [0.3, 0.4) is 0 Å². The van der Waals surface area contributed by atoms with Gasteiger partial charge in [0, 0.05) is 58.2 Å². The van der Waals surface area contributed by atoms with Crippen molar-refractivity contribution in [3.63, 3.8) is 0 Å². The highest BCUT2D eigenvalue weighted by molar-refractivity contribution is 5.80. The fraction of sp³-hybridized carbons (Fsp3) is 0.455. The van der Waals surface area contributed by atoms with E-state index in [-0.39, 0.29) is 0 Å². The zero-order valence-electron chi connectivity index (χ0n) is 17.2. The average molecular weight is 396 g/mol. The molecule has 1 fully saturated rings. The molecule has 0 spiro atoms. The summed E-state index contributed by atoms with van der Waals surface area (Å²) in [6.07, 6.45) is 2.89. The number of nitrogens with one attached hydrogen (secondary N) is 1. The molecule has 154 valence electrons. The van der Waals surface area contributed by atoms with Crippen molar-refractivity contribution < 1.29 is 9.47 Å². The van der Waals surface area contributed by atoms with Gasteiger partial charge in [-0.1, -0.05) is 12.1 Å². The van der Waals surface area contributed by atoms with Crippen LogP contribution in [0.15, 0.2) is 41.5 Å². The SMILES string of the molecule is CN=C(NCCc1ccc(C)nc1)N1CCN(Cc2ccc3c(c2)OCO3)CC1. The number of benzene rings is 1. The summed E-state index contributed by atoms with van der Waals surface area (Å²) in [6.45, 7) is 8.08. The first kappa shape index (κ1) is 19.5. The first-order valence-corrected chi connectivity index (χ1v) is 10.2. The summed E-state index contributed by atoms with van der Waals surface area (Å²) >= 11 is 0. The van der Waals surface area contributed by atoms with Gasteiger partial charge in [0.05, 0.1) is 0 Å². The number of aryl methyl sites for hydroxylation is 1. The Balaban J connectivity index is 1.23. The molecule has 4 rings (SSSR count). The molecular weight excluding hydrogens is 366 g/mol. The lowest BCUT2D eigenvalue weighted by Crippen LogP contribution is -2.52. The highest BCUT2D eigenvalue weighted by Crippen LogP contribution is 2.32. The van der Waals surface area contributed by atoms with Gasteiger partial charge < -0.3 is 19.7 Å². The molecule has 0 aliphatic carbocycles. The third-order valence-electron chi connectivity index (χ3n) is 5.40. The summed E-state index contributed by atoms with van der Waals surface area (Å²) in [5.74, 6) is 2.68. The van der Waals surface area contributed by atoms with Crippen LogP contribution < -0.4 is 14.8 Å². The molecule has 2 aromatic rings. The van der Waals surface area contributed by atoms with Crippen LogP contribution in [0.2, 0.25) is 0 Å². The lowest BCUT2D eigenvalue weighted by atomic mass is 10.1. The van der Waals surface area contributed by atoms with Gasteiger partial charge in [-0.2, -0.15) is 0 Å². The normalized spacial score (nSPS) is 16.9. The summed E-state index contributed by atoms with van der Waals surface area (Å²) in [6, 6.07) is 10.4. The Morgan fingerprint density at radius 2 is 1.86 bits per heavy atom. The minimum Gasteiger partial charge on any atom is -0.454 e. The van der Waals surface area contributed by atoms with Gasteiger partial charge in [-0.15, -0.1) is 0 Å². The molecule has 0 amide bonds. The monoisotopic (exact) mass is 395 g/mol. The van der Waals surface area contributed by atoms with Crippen molar-refractivity contribution in [1.82, 2.24) is 20.1 Å². The maximum absolute atomic E-state index is 5.49. The molecular formula is C22H29N5O2. The van der Waals surface area contributed by atoms with E-state index < -0.39 is 0 Å². The molecule has 0 radical (unpaired) electrons. The Morgan fingerprint density at radius 3 is 2.62 bits per heavy atom. The molecule has 7 nitrogen and oxygen atoms in total. The summed E-state index contributed by atoms with van der Waals surface area (Å²) in [7, 11) is 1.86. The number of aromatic nitrogens is 1. The number of fused-ring (bicyclic) bond motifs is 1. The molecule has 0 atom stereocenters. The zero-order valence-corrected chi connectivity index (χ0v) is 17.2. The van der Waals surface area contributed by atoms with Crippen LogP contribution in [0, 0.1) is 6.92 Å². The van der Waals surface area contributed by atoms with E-state index in [2.05, 4.69) is 49.4 Å². The fourth-order valence-corrected chi connectivity index (χ4v) is 3.71. The molecule has 0 unspecified atom stereocenters. The third kappa shape index (κ3) is 4.98. The maximum Gasteiger partial charge on any atom is 0.231 e. The lowest BCUT2D eigenvalue weighted by molar-refractivity contribution is 0.171. The molecule has 1 aromatic heterocycles. The molecule has 1 N–H and O–H groups in total. The molecule has 0 bridgehead atoms. The predicted molar refractivity (Wildman–Crippen MR) is 113 cm³/mol. The highest BCUT2D eigenvalue weighted by Gasteiger charge is 2.20. The van der Waals surface area contributed by atoms with E-state index in [1.54, 1.807) is 0 Å². The van der Waals surface area contributed by atoms with E-state index in [0.717, 1.165) is 68.8 Å². The van der Waals surface area contributed by atoms with Crippen molar-refractivity contribution in [2.45, 2.75) is 19.9 Å². The summed E-state index contributed by atoms with van der Waals surface area (Å²) in [5.41, 5.74) is 3.56. The zero-order chi connectivity index (χ0) is 20.1. The minimum absolute atomic E-state index is 0.323. The molecule has 1 saturated heterocycles. The van der Waals surface area contributed by atoms with Crippen LogP contribution >= 0.6 is 0 Å². The predicted octanol–water partition coefficient (Wildman–Crippen LogP) is 2.05. The molecule has 7 heteroatoms. The number of guanidine groups is 1. The average Bonchev–Trinajstić information content (AvgIpc) is 3.21. The van der Waals surface area contributed by atoms with Crippen LogP contribution in [0.4, 0.5) is 0 Å². The van der Waals surface area contributed by atoms with E-state index in [9.17, 15) is 0 Å². The second-order valence-electron chi connectivity index (χ2n) is 7.48. The Bertz CT molecular complexity index is 845. The number of aliphatic imine (C=N–C) groups is 1. The summed E-state index contributed by atoms with van der Waals surface area (Å²) in [4.78, 5) is 13.6. The quantitative estimate of drug-likeness (QED) is 0.618. The molecule has 3 heterocycles. The van der Waals surface area contributed by atoms with E-state index >= 15 is 0 Å². The number of rotatable bonds is 5. The first-order chi connectivity index (χ1) is 14.2. The number of nitrogens with zero attached hydrogens (tertiary/aromatic N) is 4. The van der Waals surface area contributed by atoms with Crippen molar-refractivity contribution in [3.05, 3.63) is 53.3 Å². The Hall–Kier alpha value is -2.80. The van der Waals surface area contributed by atoms with E-state index in [1.807, 2.05) is 26.2 Å². The minimum atomic E-state index is 0.323. The van der Waals surface area contributed by atoms with Gasteiger partial charge in [0.1, 0.15) is 0 Å². The van der Waals surface area contributed by atoms with Crippen LogP contribution in [0.25, 0.3) is 0 Å². The Morgan fingerprint density at radius 1 is 1.07 bits per heavy atom. The molecule has 2 aliphatic heterocycles. The second kappa shape index (κ2) is 9.13. The van der Waals surface area contributed by atoms with Crippen molar-refractivity contribution in [2.75, 3.05) is 46.6 Å². The van der Waals surface area contributed by atoms with Crippen molar-refractivity contribution >= 4 is 5.96 Å². The standard InChI is InChI=1S/C22H29N5O2/c1-17-3-4-18(14-25-17)7-8-24-22(23-2)27-11-9-26(10-12-27)15-19-5-6-20-21(13-19)29-16-28-20/h3-6,13-14H,7-12,15-16H2,1-2H3,(H,23,24). The first-order valence-electron chi connectivity index (χ1n) is 10.2. The van der Waals surface area contributed by atoms with E-state index in [0.29, 0.717) is 6.79 Å². The van der Waals surface area contributed by atoms with Gasteiger partial charge >= 0.3 is 0 Å². The van der Waals surface area contributed by atoms with Crippen molar-refractivity contribution in [2.24, 2.45) is 4.99 Å². The Labute approximate surface area is 172 Å².